The molecule has 28 heavy (non-hydrogen) atoms. The number of nitrogens with one attached hydrogen (secondary N) is 2. The summed E-state index contributed by atoms with van der Waals surface area (Å²) in [4.78, 5) is 18.1. The van der Waals surface area contributed by atoms with E-state index in [1.165, 1.54) is 18.4 Å². The molecule has 0 unspecified atom stereocenters. The molecule has 1 fully saturated rings. The minimum atomic E-state index is -0.0235. The molecule has 2 aromatic rings. The Morgan fingerprint density at radius 2 is 2.04 bits per heavy atom. The topological polar surface area (TPSA) is 57.4 Å². The fraction of sp³-hybridized carbons (Fsp3) is 0.545. The lowest BCUT2D eigenvalue weighted by Crippen LogP contribution is -2.45. The molecule has 152 valence electrons. The van der Waals surface area contributed by atoms with E-state index in [1.807, 2.05) is 13.0 Å². The summed E-state index contributed by atoms with van der Waals surface area (Å²) in [6, 6.07) is 6.66. The average Bonchev–Trinajstić information content (AvgIpc) is 3.18. The van der Waals surface area contributed by atoms with Crippen LogP contribution >= 0.6 is 12.2 Å². The number of methoxy groups -OCH3 is 1. The van der Waals surface area contributed by atoms with Crippen molar-refractivity contribution in [3.8, 4) is 0 Å². The van der Waals surface area contributed by atoms with Crippen molar-refractivity contribution in [1.29, 1.82) is 0 Å². The minimum Gasteiger partial charge on any atom is -0.385 e. The van der Waals surface area contributed by atoms with Crippen LogP contribution in [0.25, 0.3) is 10.9 Å². The molecule has 1 saturated carbocycles. The molecule has 0 aliphatic heterocycles. The lowest BCUT2D eigenvalue weighted by Gasteiger charge is -2.31. The SMILES string of the molecule is COCCCNC(=S)N(Cc1cc2cc(C)cc(C)c2[nH]c1=O)C1CCCC1. The number of rotatable bonds is 7. The molecule has 0 saturated heterocycles. The van der Waals surface area contributed by atoms with Gasteiger partial charge in [-0.2, -0.15) is 0 Å². The summed E-state index contributed by atoms with van der Waals surface area (Å²) in [6.45, 7) is 6.15. The van der Waals surface area contributed by atoms with Crippen molar-refractivity contribution in [3.05, 3.63) is 45.2 Å². The number of thiocarbonyl (C=S) groups is 1. The number of nitrogens with zero attached hydrogens (tertiary/aromatic N) is 1. The first-order chi connectivity index (χ1) is 13.5. The highest BCUT2D eigenvalue weighted by Gasteiger charge is 2.25. The van der Waals surface area contributed by atoms with Crippen LogP contribution in [0.4, 0.5) is 0 Å². The summed E-state index contributed by atoms with van der Waals surface area (Å²) in [7, 11) is 1.71. The predicted molar refractivity (Wildman–Crippen MR) is 119 cm³/mol. The van der Waals surface area contributed by atoms with Crippen LogP contribution < -0.4 is 10.9 Å². The Labute approximate surface area is 172 Å². The monoisotopic (exact) mass is 401 g/mol. The van der Waals surface area contributed by atoms with Gasteiger partial charge in [-0.15, -0.1) is 0 Å². The zero-order valence-corrected chi connectivity index (χ0v) is 18.0. The Morgan fingerprint density at radius 1 is 1.29 bits per heavy atom. The van der Waals surface area contributed by atoms with Gasteiger partial charge in [0.1, 0.15) is 0 Å². The van der Waals surface area contributed by atoms with E-state index < -0.39 is 0 Å². The highest BCUT2D eigenvalue weighted by Crippen LogP contribution is 2.25. The number of fused-ring (bicyclic) bond motifs is 1. The van der Waals surface area contributed by atoms with E-state index in [0.717, 1.165) is 52.9 Å². The van der Waals surface area contributed by atoms with Crippen LogP contribution in [0.2, 0.25) is 0 Å². The first kappa shape index (κ1) is 20.8. The van der Waals surface area contributed by atoms with Crippen LogP contribution in [0, 0.1) is 13.8 Å². The number of ether oxygens (including phenoxy) is 1. The second-order valence-electron chi connectivity index (χ2n) is 7.81. The molecule has 3 rings (SSSR count). The van der Waals surface area contributed by atoms with Crippen molar-refractivity contribution < 1.29 is 4.74 Å². The number of hydrogen-bond acceptors (Lipinski definition) is 3. The van der Waals surface area contributed by atoms with E-state index in [2.05, 4.69) is 34.3 Å². The van der Waals surface area contributed by atoms with Gasteiger partial charge < -0.3 is 19.9 Å². The first-order valence-electron chi connectivity index (χ1n) is 10.2. The molecule has 0 amide bonds. The van der Waals surface area contributed by atoms with Gasteiger partial charge in [0.2, 0.25) is 0 Å². The highest BCUT2D eigenvalue weighted by molar-refractivity contribution is 7.80. The lowest BCUT2D eigenvalue weighted by atomic mass is 10.0. The van der Waals surface area contributed by atoms with Crippen LogP contribution in [0.1, 0.15) is 48.8 Å². The molecule has 0 bridgehead atoms. The van der Waals surface area contributed by atoms with Gasteiger partial charge in [-0.25, -0.2) is 0 Å². The van der Waals surface area contributed by atoms with E-state index >= 15 is 0 Å². The Morgan fingerprint density at radius 3 is 2.75 bits per heavy atom. The number of benzene rings is 1. The second kappa shape index (κ2) is 9.52. The lowest BCUT2D eigenvalue weighted by molar-refractivity contribution is 0.195. The molecule has 1 aliphatic rings. The molecule has 1 aromatic heterocycles. The van der Waals surface area contributed by atoms with Crippen LogP contribution in [0.15, 0.2) is 23.0 Å². The van der Waals surface area contributed by atoms with Crippen LogP contribution in [-0.4, -0.2) is 41.3 Å². The standard InChI is InChI=1S/C22H31N3O2S/c1-15-11-16(2)20-17(12-15)13-18(21(26)24-20)14-25(19-7-4-5-8-19)22(28)23-9-6-10-27-3/h11-13,19H,4-10,14H2,1-3H3,(H,23,28)(H,24,26). The highest BCUT2D eigenvalue weighted by atomic mass is 32.1. The van der Waals surface area contributed by atoms with Crippen molar-refractivity contribution in [3.63, 3.8) is 0 Å². The number of aromatic amines is 1. The molecule has 6 heteroatoms. The van der Waals surface area contributed by atoms with Crippen molar-refractivity contribution in [2.75, 3.05) is 20.3 Å². The van der Waals surface area contributed by atoms with Crippen molar-refractivity contribution >= 4 is 28.2 Å². The average molecular weight is 402 g/mol. The van der Waals surface area contributed by atoms with Gasteiger partial charge in [-0.1, -0.05) is 24.5 Å². The fourth-order valence-corrected chi connectivity index (χ4v) is 4.44. The zero-order valence-electron chi connectivity index (χ0n) is 17.1. The third kappa shape index (κ3) is 4.92. The molecule has 1 aromatic carbocycles. The normalized spacial score (nSPS) is 14.5. The van der Waals surface area contributed by atoms with E-state index in [1.54, 1.807) is 7.11 Å². The van der Waals surface area contributed by atoms with Gasteiger partial charge in [0.05, 0.1) is 12.1 Å². The molecule has 0 spiro atoms. The number of H-pyrrole nitrogens is 1. The molecular formula is C22H31N3O2S. The summed E-state index contributed by atoms with van der Waals surface area (Å²) in [5.41, 5.74) is 3.97. The van der Waals surface area contributed by atoms with Gasteiger partial charge in [-0.3, -0.25) is 4.79 Å². The van der Waals surface area contributed by atoms with Crippen molar-refractivity contribution in [2.45, 2.75) is 58.5 Å². The summed E-state index contributed by atoms with van der Waals surface area (Å²) in [5, 5.41) is 5.17. The summed E-state index contributed by atoms with van der Waals surface area (Å²) in [6.07, 6.45) is 5.61. The number of aromatic nitrogens is 1. The number of hydrogen-bond donors (Lipinski definition) is 2. The molecule has 0 atom stereocenters. The molecule has 1 aliphatic carbocycles. The summed E-state index contributed by atoms with van der Waals surface area (Å²) < 4.78 is 5.11. The molecule has 5 nitrogen and oxygen atoms in total. The minimum absolute atomic E-state index is 0.0235. The molecule has 2 N–H and O–H groups in total. The largest absolute Gasteiger partial charge is 0.385 e. The smallest absolute Gasteiger partial charge is 0.253 e. The van der Waals surface area contributed by atoms with Gasteiger partial charge in [-0.05, 0) is 68.4 Å². The fourth-order valence-electron chi connectivity index (χ4n) is 4.13. The maximum absolute atomic E-state index is 12.8. The van der Waals surface area contributed by atoms with Crippen LogP contribution in [0.5, 0.6) is 0 Å². The Hall–Kier alpha value is -1.92. The summed E-state index contributed by atoms with van der Waals surface area (Å²) in [5.74, 6) is 0. The van der Waals surface area contributed by atoms with E-state index in [4.69, 9.17) is 17.0 Å². The van der Waals surface area contributed by atoms with Gasteiger partial charge in [0, 0.05) is 31.9 Å². The van der Waals surface area contributed by atoms with Crippen molar-refractivity contribution in [1.82, 2.24) is 15.2 Å². The number of pyridine rings is 1. The number of aryl methyl sites for hydroxylation is 2. The predicted octanol–water partition coefficient (Wildman–Crippen LogP) is 3.80. The van der Waals surface area contributed by atoms with Gasteiger partial charge in [0.25, 0.3) is 5.56 Å². The Balaban J connectivity index is 1.84. The quantitative estimate of drug-likeness (QED) is 0.546. The molecule has 1 heterocycles. The molecule has 0 radical (unpaired) electrons. The third-order valence-corrected chi connectivity index (χ3v) is 5.92. The molecular weight excluding hydrogens is 370 g/mol. The maximum Gasteiger partial charge on any atom is 0.253 e. The van der Waals surface area contributed by atoms with Crippen molar-refractivity contribution in [2.24, 2.45) is 0 Å². The van der Waals surface area contributed by atoms with Crippen LogP contribution in [-0.2, 0) is 11.3 Å². The Kier molecular flexibility index (Phi) is 7.08. The second-order valence-corrected chi connectivity index (χ2v) is 8.20. The third-order valence-electron chi connectivity index (χ3n) is 5.54. The van der Waals surface area contributed by atoms with E-state index in [0.29, 0.717) is 19.2 Å². The zero-order chi connectivity index (χ0) is 20.1. The first-order valence-corrected chi connectivity index (χ1v) is 10.6. The van der Waals surface area contributed by atoms with Gasteiger partial charge in [0.15, 0.2) is 5.11 Å². The maximum atomic E-state index is 12.8. The van der Waals surface area contributed by atoms with E-state index in [9.17, 15) is 4.79 Å². The van der Waals surface area contributed by atoms with Crippen LogP contribution in [0.3, 0.4) is 0 Å². The Bertz CT molecular complexity index is 887. The van der Waals surface area contributed by atoms with Gasteiger partial charge >= 0.3 is 0 Å². The summed E-state index contributed by atoms with van der Waals surface area (Å²) >= 11 is 5.70. The van der Waals surface area contributed by atoms with E-state index in [-0.39, 0.29) is 5.56 Å².